The molecule has 0 fully saturated rings. The van der Waals surface area contributed by atoms with Crippen LogP contribution in [0.4, 0.5) is 13.2 Å². The van der Waals surface area contributed by atoms with Crippen LogP contribution in [-0.2, 0) is 44.5 Å². The fourth-order valence-electron chi connectivity index (χ4n) is 1.76. The quantitative estimate of drug-likeness (QED) is 0.243. The first-order valence-corrected chi connectivity index (χ1v) is 13.1. The predicted molar refractivity (Wildman–Crippen MR) is 158 cm³/mol. The Morgan fingerprint density at radius 2 is 1.19 bits per heavy atom. The van der Waals surface area contributed by atoms with Gasteiger partial charge in [-0.25, -0.2) is 0 Å². The van der Waals surface area contributed by atoms with Crippen molar-refractivity contribution in [3.8, 4) is 0 Å². The van der Waals surface area contributed by atoms with Gasteiger partial charge in [0.2, 0.25) is 0 Å². The predicted octanol–water partition coefficient (Wildman–Crippen LogP) is 5.14. The summed E-state index contributed by atoms with van der Waals surface area (Å²) >= 11 is 0. The SMILES string of the molecule is [3H]C(C)C(=O)OC.[3H]C(C)C(=O)OCCC(F)(F)F.[3H]C(C)C(=O)OCCN(C)C.[3H]C(C)C(=O)OCCO.[3H]C(C)c1ccccc1. The molecule has 1 N–H and O–H groups in total. The number of carbonyl (C=O) groups excluding carboxylic acids is 4. The van der Waals surface area contributed by atoms with Gasteiger partial charge in [-0.2, -0.15) is 13.2 Å². The van der Waals surface area contributed by atoms with Gasteiger partial charge in [0.05, 0.1) is 26.7 Å². The monoisotopic (exact) mass is 637 g/mol. The zero-order valence-electron chi connectivity index (χ0n) is 31.3. The van der Waals surface area contributed by atoms with Gasteiger partial charge in [0.15, 0.2) is 0 Å². The van der Waals surface area contributed by atoms with Crippen LogP contribution in [0, 0.1) is 0 Å². The summed E-state index contributed by atoms with van der Waals surface area (Å²) in [7, 11) is 5.07. The van der Waals surface area contributed by atoms with Crippen LogP contribution in [0.25, 0.3) is 0 Å². The molecule has 5 unspecified atom stereocenters. The van der Waals surface area contributed by atoms with Crippen molar-refractivity contribution in [2.75, 3.05) is 54.2 Å². The van der Waals surface area contributed by atoms with Crippen LogP contribution in [-0.4, -0.2) is 94.2 Å². The first-order chi connectivity index (χ1) is 22.0. The number of halogens is 3. The molecule has 10 nitrogen and oxygen atoms in total. The van der Waals surface area contributed by atoms with E-state index in [1.165, 1.54) is 34.8 Å². The van der Waals surface area contributed by atoms with Crippen LogP contribution in [0.2, 0.25) is 0 Å². The van der Waals surface area contributed by atoms with Crippen molar-refractivity contribution in [1.29, 1.82) is 0 Å². The lowest BCUT2D eigenvalue weighted by atomic mass is 10.2. The van der Waals surface area contributed by atoms with Crippen LogP contribution in [0.5, 0.6) is 0 Å². The zero-order valence-corrected chi connectivity index (χ0v) is 26.3. The molecule has 1 aromatic carbocycles. The number of nitrogens with zero attached hydrogens (tertiary/aromatic N) is 1. The van der Waals surface area contributed by atoms with Gasteiger partial charge in [-0.15, -0.1) is 0 Å². The van der Waals surface area contributed by atoms with E-state index in [4.69, 9.17) is 16.7 Å². The summed E-state index contributed by atoms with van der Waals surface area (Å²) in [5.41, 5.74) is 1.08. The van der Waals surface area contributed by atoms with Crippen molar-refractivity contribution in [1.82, 2.24) is 4.90 Å². The Morgan fingerprint density at radius 3 is 1.47 bits per heavy atom. The van der Waals surface area contributed by atoms with Crippen LogP contribution in [0.15, 0.2) is 30.3 Å². The Bertz CT molecular complexity index is 971. The van der Waals surface area contributed by atoms with Crippen LogP contribution in [0.3, 0.4) is 0 Å². The summed E-state index contributed by atoms with van der Waals surface area (Å²) in [4.78, 5) is 43.5. The van der Waals surface area contributed by atoms with Crippen molar-refractivity contribution in [2.24, 2.45) is 0 Å². The molecule has 0 bridgehead atoms. The third-order valence-corrected chi connectivity index (χ3v) is 4.03. The molecular formula is C30H52F3NO9. The number of carbonyl (C=O) groups is 4. The molecule has 0 aromatic heterocycles. The number of alkyl halides is 3. The van der Waals surface area contributed by atoms with E-state index in [-0.39, 0.29) is 19.6 Å². The second-order valence-electron chi connectivity index (χ2n) is 7.77. The first-order valence-electron chi connectivity index (χ1n) is 16.0. The standard InChI is InChI=1S/C8H10.C7H15NO2.C6H9F3O2.C5H10O3.C4H8O2/c1-2-8-6-4-3-5-7-8;1-4-7(9)10-6-5-8(2)3;1-2-5(10)11-4-3-6(7,8)9;1-2-5(7)8-4-3-6;1-3-4(5)6-2/h3-7H,2H2,1H3;4-6H2,1-3H3;2-4H2,1H3;6H,2-4H2,1H3;3H2,1-2H3/i2T;4T;2*2T;3T. The van der Waals surface area contributed by atoms with Crippen LogP contribution >= 0.6 is 0 Å². The number of benzene rings is 1. The number of likely N-dealkylation sites (N-methyl/N-ethyl adjacent to an activating group) is 1. The second-order valence-corrected chi connectivity index (χ2v) is 7.77. The molecule has 1 rings (SSSR count). The highest BCUT2D eigenvalue weighted by Crippen LogP contribution is 2.18. The average molecular weight is 638 g/mol. The van der Waals surface area contributed by atoms with E-state index >= 15 is 0 Å². The minimum atomic E-state index is -4.31. The van der Waals surface area contributed by atoms with E-state index in [1.807, 2.05) is 56.3 Å². The topological polar surface area (TPSA) is 129 Å². The molecule has 0 radical (unpaired) electrons. The minimum absolute atomic E-state index is 0.0119. The minimum Gasteiger partial charge on any atom is -0.469 e. The maximum atomic E-state index is 11.5. The molecule has 0 spiro atoms. The molecule has 5 atom stereocenters. The number of methoxy groups -OCH3 is 1. The Morgan fingerprint density at radius 1 is 0.767 bits per heavy atom. The van der Waals surface area contributed by atoms with Gasteiger partial charge in [-0.3, -0.25) is 19.2 Å². The van der Waals surface area contributed by atoms with E-state index < -0.39 is 68.7 Å². The number of rotatable bonds is 12. The lowest BCUT2D eigenvalue weighted by Gasteiger charge is -2.08. The molecule has 0 aliphatic heterocycles. The molecule has 1 aromatic rings. The van der Waals surface area contributed by atoms with Crippen molar-refractivity contribution in [2.45, 2.75) is 79.2 Å². The highest BCUT2D eigenvalue weighted by molar-refractivity contribution is 5.69. The number of aryl methyl sites for hydroxylation is 1. The largest absolute Gasteiger partial charge is 0.469 e. The lowest BCUT2D eigenvalue weighted by Crippen LogP contribution is -2.19. The number of aliphatic hydroxyl groups is 1. The van der Waals surface area contributed by atoms with Crippen LogP contribution in [0.1, 0.15) is 79.0 Å². The van der Waals surface area contributed by atoms with E-state index in [0.717, 1.165) is 5.56 Å². The fourth-order valence-corrected chi connectivity index (χ4v) is 1.76. The zero-order chi connectivity index (χ0) is 38.5. The Labute approximate surface area is 261 Å². The number of ether oxygens (including phenoxy) is 4. The summed E-state index contributed by atoms with van der Waals surface area (Å²) in [5, 5.41) is 8.16. The van der Waals surface area contributed by atoms with Gasteiger partial charge in [-0.05, 0) is 26.1 Å². The van der Waals surface area contributed by atoms with Crippen molar-refractivity contribution in [3.05, 3.63) is 35.9 Å². The number of hydrogen-bond donors (Lipinski definition) is 1. The Kier molecular flexibility index (Phi) is 27.9. The molecular weight excluding hydrogens is 575 g/mol. The van der Waals surface area contributed by atoms with Crippen LogP contribution < -0.4 is 0 Å². The van der Waals surface area contributed by atoms with Gasteiger partial charge in [0, 0.05) is 39.0 Å². The molecule has 0 aliphatic carbocycles. The average Bonchev–Trinajstić information content (AvgIpc) is 2.99. The third kappa shape index (κ3) is 46.0. The van der Waals surface area contributed by atoms with Crippen molar-refractivity contribution >= 4 is 23.9 Å². The number of esters is 4. The molecule has 13 heteroatoms. The second kappa shape index (κ2) is 33.3. The van der Waals surface area contributed by atoms with Crippen molar-refractivity contribution in [3.63, 3.8) is 0 Å². The van der Waals surface area contributed by atoms with Gasteiger partial charge in [0.25, 0.3) is 0 Å². The summed E-state index contributed by atoms with van der Waals surface area (Å²) in [6.07, 6.45) is -9.06. The Balaban J connectivity index is -0.000000255. The van der Waals surface area contributed by atoms with Gasteiger partial charge in [-0.1, -0.05) is 65.0 Å². The number of aliphatic hydroxyl groups excluding tert-OH is 1. The van der Waals surface area contributed by atoms with Crippen molar-refractivity contribution < 1.29 is 63.3 Å². The fraction of sp³-hybridized carbons (Fsp3) is 0.667. The molecule has 0 saturated carbocycles. The first kappa shape index (κ1) is 36.0. The smallest absolute Gasteiger partial charge is 0.392 e. The highest BCUT2D eigenvalue weighted by Gasteiger charge is 2.27. The molecule has 0 aliphatic rings. The van der Waals surface area contributed by atoms with Gasteiger partial charge < -0.3 is 29.0 Å². The highest BCUT2D eigenvalue weighted by atomic mass is 19.4. The molecule has 0 saturated heterocycles. The maximum Gasteiger partial charge on any atom is 0.392 e. The van der Waals surface area contributed by atoms with E-state index in [9.17, 15) is 32.3 Å². The molecule has 43 heavy (non-hydrogen) atoms. The maximum absolute atomic E-state index is 11.5. The molecule has 0 amide bonds. The van der Waals surface area contributed by atoms with Gasteiger partial charge >= 0.3 is 30.1 Å². The summed E-state index contributed by atoms with van der Waals surface area (Å²) in [6.45, 7) is 7.66. The third-order valence-electron chi connectivity index (χ3n) is 4.03. The normalized spacial score (nSPS) is 15.0. The van der Waals surface area contributed by atoms with Gasteiger partial charge in [0.1, 0.15) is 13.2 Å². The molecule has 0 heterocycles. The van der Waals surface area contributed by atoms with E-state index in [1.54, 1.807) is 0 Å². The number of hydrogen-bond acceptors (Lipinski definition) is 10. The molecule has 252 valence electrons. The lowest BCUT2D eigenvalue weighted by molar-refractivity contribution is -0.159. The summed E-state index contributed by atoms with van der Waals surface area (Å²) < 4.78 is 86.4. The van der Waals surface area contributed by atoms with E-state index in [0.29, 0.717) is 13.2 Å². The summed E-state index contributed by atoms with van der Waals surface area (Å²) in [5.74, 6) is -2.46. The Hall–Kier alpha value is -3.19. The summed E-state index contributed by atoms with van der Waals surface area (Å²) in [6, 6.07) is 9.82. The van der Waals surface area contributed by atoms with E-state index in [2.05, 4.69) is 14.2 Å².